The summed E-state index contributed by atoms with van der Waals surface area (Å²) in [6, 6.07) is 14.6. The number of benzene rings is 2. The zero-order valence-corrected chi connectivity index (χ0v) is 18.0. The predicted molar refractivity (Wildman–Crippen MR) is 116 cm³/mol. The molecule has 0 bridgehead atoms. The number of rotatable bonds is 10. The summed E-state index contributed by atoms with van der Waals surface area (Å²) in [5, 5.41) is 3.36. The lowest BCUT2D eigenvalue weighted by atomic mass is 10.1. The van der Waals surface area contributed by atoms with Crippen molar-refractivity contribution < 1.29 is 14.3 Å². The maximum Gasteiger partial charge on any atom is 0.242 e. The van der Waals surface area contributed by atoms with E-state index in [-0.39, 0.29) is 18.4 Å². The molecule has 0 unspecified atom stereocenters. The monoisotopic (exact) mass is 416 g/mol. The molecule has 6 heteroatoms. The first kappa shape index (κ1) is 22.8. The molecular weight excluding hydrogens is 388 g/mol. The second-order valence-electron chi connectivity index (χ2n) is 6.95. The first-order chi connectivity index (χ1) is 13.9. The molecule has 0 radical (unpaired) electrons. The van der Waals surface area contributed by atoms with Crippen LogP contribution in [0.4, 0.5) is 0 Å². The van der Waals surface area contributed by atoms with Gasteiger partial charge in [-0.1, -0.05) is 47.5 Å². The fraction of sp³-hybridized carbons (Fsp3) is 0.391. The van der Waals surface area contributed by atoms with E-state index >= 15 is 0 Å². The zero-order valence-electron chi connectivity index (χ0n) is 17.3. The second kappa shape index (κ2) is 11.5. The molecule has 1 atom stereocenters. The van der Waals surface area contributed by atoms with Gasteiger partial charge in [0.2, 0.25) is 11.8 Å². The normalized spacial score (nSPS) is 11.6. The van der Waals surface area contributed by atoms with Gasteiger partial charge in [-0.15, -0.1) is 0 Å². The SMILES string of the molecule is CCNC(=O)[C@H](C)N(Cc1ccccc1Cl)C(=O)CCCOc1ccc(C)cc1. The third-order valence-corrected chi connectivity index (χ3v) is 5.01. The number of hydrogen-bond donors (Lipinski definition) is 1. The largest absolute Gasteiger partial charge is 0.494 e. The second-order valence-corrected chi connectivity index (χ2v) is 7.36. The Morgan fingerprint density at radius 2 is 1.83 bits per heavy atom. The van der Waals surface area contributed by atoms with Crippen molar-refractivity contribution in [2.24, 2.45) is 0 Å². The molecule has 0 aromatic heterocycles. The number of hydrogen-bond acceptors (Lipinski definition) is 3. The number of halogens is 1. The fourth-order valence-electron chi connectivity index (χ4n) is 2.91. The fourth-order valence-corrected chi connectivity index (χ4v) is 3.10. The van der Waals surface area contributed by atoms with Gasteiger partial charge in [0.05, 0.1) is 6.61 Å². The Bertz CT molecular complexity index is 808. The van der Waals surface area contributed by atoms with E-state index in [1.807, 2.05) is 56.3 Å². The Morgan fingerprint density at radius 3 is 2.48 bits per heavy atom. The van der Waals surface area contributed by atoms with Crippen LogP contribution in [0.3, 0.4) is 0 Å². The number of ether oxygens (including phenoxy) is 1. The van der Waals surface area contributed by atoms with Crippen LogP contribution < -0.4 is 10.1 Å². The van der Waals surface area contributed by atoms with Crippen molar-refractivity contribution in [1.82, 2.24) is 10.2 Å². The molecule has 1 N–H and O–H groups in total. The third kappa shape index (κ3) is 7.09. The Kier molecular flexibility index (Phi) is 9.00. The van der Waals surface area contributed by atoms with Crippen LogP contribution >= 0.6 is 11.6 Å². The van der Waals surface area contributed by atoms with Crippen LogP contribution in [0.2, 0.25) is 5.02 Å². The summed E-state index contributed by atoms with van der Waals surface area (Å²) in [4.78, 5) is 26.8. The molecule has 29 heavy (non-hydrogen) atoms. The highest BCUT2D eigenvalue weighted by atomic mass is 35.5. The molecule has 5 nitrogen and oxygen atoms in total. The van der Waals surface area contributed by atoms with E-state index in [1.54, 1.807) is 17.9 Å². The Hall–Kier alpha value is -2.53. The van der Waals surface area contributed by atoms with Gasteiger partial charge in [-0.2, -0.15) is 0 Å². The first-order valence-corrected chi connectivity index (χ1v) is 10.3. The van der Waals surface area contributed by atoms with Crippen molar-refractivity contribution in [2.45, 2.75) is 46.2 Å². The van der Waals surface area contributed by atoms with Crippen LogP contribution in [0.1, 0.15) is 37.8 Å². The van der Waals surface area contributed by atoms with Crippen LogP contribution in [0.5, 0.6) is 5.75 Å². The van der Waals surface area contributed by atoms with E-state index in [0.29, 0.717) is 31.0 Å². The van der Waals surface area contributed by atoms with Crippen LogP contribution in [0.25, 0.3) is 0 Å². The minimum Gasteiger partial charge on any atom is -0.494 e. The smallest absolute Gasteiger partial charge is 0.242 e. The van der Waals surface area contributed by atoms with Crippen molar-refractivity contribution >= 4 is 23.4 Å². The van der Waals surface area contributed by atoms with Crippen molar-refractivity contribution in [3.63, 3.8) is 0 Å². The standard InChI is InChI=1S/C23H29ClN2O3/c1-4-25-23(28)18(3)26(16-19-8-5-6-9-21(19)24)22(27)10-7-15-29-20-13-11-17(2)12-14-20/h5-6,8-9,11-14,18H,4,7,10,15-16H2,1-3H3,(H,25,28)/t18-/m0/s1. The van der Waals surface area contributed by atoms with Gasteiger partial charge in [0.1, 0.15) is 11.8 Å². The van der Waals surface area contributed by atoms with E-state index < -0.39 is 6.04 Å². The predicted octanol–water partition coefficient (Wildman–Crippen LogP) is 4.36. The number of nitrogens with zero attached hydrogens (tertiary/aromatic N) is 1. The molecule has 2 rings (SSSR count). The maximum absolute atomic E-state index is 12.9. The summed E-state index contributed by atoms with van der Waals surface area (Å²) in [5.41, 5.74) is 1.98. The minimum atomic E-state index is -0.586. The van der Waals surface area contributed by atoms with Gasteiger partial charge >= 0.3 is 0 Å². The summed E-state index contributed by atoms with van der Waals surface area (Å²) in [7, 11) is 0. The molecule has 0 aliphatic rings. The summed E-state index contributed by atoms with van der Waals surface area (Å²) in [6.45, 7) is 6.85. The first-order valence-electron chi connectivity index (χ1n) is 9.92. The van der Waals surface area contributed by atoms with E-state index in [0.717, 1.165) is 11.3 Å². The molecule has 2 aromatic carbocycles. The molecule has 0 aliphatic heterocycles. The topological polar surface area (TPSA) is 58.6 Å². The highest BCUT2D eigenvalue weighted by molar-refractivity contribution is 6.31. The Labute approximate surface area is 178 Å². The Morgan fingerprint density at radius 1 is 1.14 bits per heavy atom. The van der Waals surface area contributed by atoms with Crippen LogP contribution in [-0.2, 0) is 16.1 Å². The molecule has 0 spiro atoms. The lowest BCUT2D eigenvalue weighted by molar-refractivity contribution is -0.140. The zero-order chi connectivity index (χ0) is 21.2. The van der Waals surface area contributed by atoms with Crippen molar-refractivity contribution in [3.05, 3.63) is 64.7 Å². The molecule has 0 saturated carbocycles. The average molecular weight is 417 g/mol. The minimum absolute atomic E-state index is 0.101. The van der Waals surface area contributed by atoms with Gasteiger partial charge in [0, 0.05) is 24.5 Å². The van der Waals surface area contributed by atoms with Gasteiger partial charge in [-0.25, -0.2) is 0 Å². The highest BCUT2D eigenvalue weighted by Gasteiger charge is 2.26. The number of amides is 2. The van der Waals surface area contributed by atoms with E-state index in [2.05, 4.69) is 5.32 Å². The van der Waals surface area contributed by atoms with E-state index in [9.17, 15) is 9.59 Å². The quantitative estimate of drug-likeness (QED) is 0.585. The lowest BCUT2D eigenvalue weighted by Gasteiger charge is -2.29. The molecule has 0 aliphatic carbocycles. The number of nitrogens with one attached hydrogen (secondary N) is 1. The molecule has 156 valence electrons. The van der Waals surface area contributed by atoms with E-state index in [1.165, 1.54) is 5.56 Å². The van der Waals surface area contributed by atoms with Crippen molar-refractivity contribution in [3.8, 4) is 5.75 Å². The van der Waals surface area contributed by atoms with Gasteiger partial charge in [-0.05, 0) is 51.0 Å². The van der Waals surface area contributed by atoms with Crippen LogP contribution in [0.15, 0.2) is 48.5 Å². The maximum atomic E-state index is 12.9. The van der Waals surface area contributed by atoms with Gasteiger partial charge in [0.15, 0.2) is 0 Å². The summed E-state index contributed by atoms with van der Waals surface area (Å²) in [5.74, 6) is 0.506. The molecular formula is C23H29ClN2O3. The third-order valence-electron chi connectivity index (χ3n) is 4.64. The Balaban J connectivity index is 1.98. The van der Waals surface area contributed by atoms with Gasteiger partial charge in [0.25, 0.3) is 0 Å². The van der Waals surface area contributed by atoms with Crippen molar-refractivity contribution in [1.29, 1.82) is 0 Å². The molecule has 2 amide bonds. The molecule has 2 aromatic rings. The van der Waals surface area contributed by atoms with Gasteiger partial charge < -0.3 is 15.0 Å². The summed E-state index contributed by atoms with van der Waals surface area (Å²) >= 11 is 6.27. The lowest BCUT2D eigenvalue weighted by Crippen LogP contribution is -2.47. The summed E-state index contributed by atoms with van der Waals surface area (Å²) < 4.78 is 5.70. The average Bonchev–Trinajstić information content (AvgIpc) is 2.71. The van der Waals surface area contributed by atoms with Gasteiger partial charge in [-0.3, -0.25) is 9.59 Å². The number of carbonyl (C=O) groups excluding carboxylic acids is 2. The van der Waals surface area contributed by atoms with Crippen LogP contribution in [0, 0.1) is 6.92 Å². The highest BCUT2D eigenvalue weighted by Crippen LogP contribution is 2.19. The molecule has 0 saturated heterocycles. The number of carbonyl (C=O) groups is 2. The molecule has 0 heterocycles. The number of aryl methyl sites for hydroxylation is 1. The molecule has 0 fully saturated rings. The van der Waals surface area contributed by atoms with E-state index in [4.69, 9.17) is 16.3 Å². The van der Waals surface area contributed by atoms with Crippen molar-refractivity contribution in [2.75, 3.05) is 13.2 Å². The number of likely N-dealkylation sites (N-methyl/N-ethyl adjacent to an activating group) is 1. The van der Waals surface area contributed by atoms with Crippen LogP contribution in [-0.4, -0.2) is 35.9 Å². The summed E-state index contributed by atoms with van der Waals surface area (Å²) in [6.07, 6.45) is 0.855.